The molecule has 1 aliphatic heterocycles. The zero-order valence-electron chi connectivity index (χ0n) is 18.5. The Balaban J connectivity index is 1.28. The van der Waals surface area contributed by atoms with E-state index in [1.54, 1.807) is 0 Å². The number of nitrogens with zero attached hydrogens (tertiary/aromatic N) is 2. The fourth-order valence-electron chi connectivity index (χ4n) is 5.42. The molecule has 2 heterocycles. The average Bonchev–Trinajstić information content (AvgIpc) is 3.31. The van der Waals surface area contributed by atoms with E-state index in [0.29, 0.717) is 0 Å². The molecule has 0 saturated heterocycles. The molecule has 1 amide bonds. The number of rotatable bonds is 5. The van der Waals surface area contributed by atoms with Crippen molar-refractivity contribution in [2.75, 3.05) is 13.1 Å². The SMILES string of the molecule is N#Cc1ccc2c(c1)CN(CCC1(NC(=O)c3ccc4cc[nH]c4c3)CCCCC1)CC2. The van der Waals surface area contributed by atoms with E-state index in [2.05, 4.69) is 27.3 Å². The molecule has 0 spiro atoms. The van der Waals surface area contributed by atoms with Crippen LogP contribution in [0, 0.1) is 11.3 Å². The number of carbonyl (C=O) groups excluding carboxylic acids is 1. The predicted octanol–water partition coefficient (Wildman–Crippen LogP) is 4.92. The molecule has 0 atom stereocenters. The van der Waals surface area contributed by atoms with Crippen LogP contribution in [0.25, 0.3) is 10.9 Å². The molecule has 0 unspecified atom stereocenters. The van der Waals surface area contributed by atoms with Crippen LogP contribution < -0.4 is 5.32 Å². The molecule has 2 aromatic carbocycles. The average molecular weight is 427 g/mol. The Morgan fingerprint density at radius 2 is 1.97 bits per heavy atom. The second-order valence-electron chi connectivity index (χ2n) is 9.45. The van der Waals surface area contributed by atoms with Gasteiger partial charge < -0.3 is 10.3 Å². The molecule has 5 nitrogen and oxygen atoms in total. The van der Waals surface area contributed by atoms with Crippen LogP contribution in [0.5, 0.6) is 0 Å². The van der Waals surface area contributed by atoms with Crippen LogP contribution in [0.15, 0.2) is 48.7 Å². The maximum Gasteiger partial charge on any atom is 0.251 e. The molecule has 1 fully saturated rings. The fourth-order valence-corrected chi connectivity index (χ4v) is 5.42. The van der Waals surface area contributed by atoms with Gasteiger partial charge in [-0.05, 0) is 72.5 Å². The van der Waals surface area contributed by atoms with Crippen molar-refractivity contribution in [1.82, 2.24) is 15.2 Å². The van der Waals surface area contributed by atoms with Crippen LogP contribution in [0.3, 0.4) is 0 Å². The molecule has 1 aliphatic carbocycles. The van der Waals surface area contributed by atoms with Crippen LogP contribution in [0.4, 0.5) is 0 Å². The van der Waals surface area contributed by atoms with E-state index in [9.17, 15) is 10.1 Å². The highest BCUT2D eigenvalue weighted by atomic mass is 16.1. The Kier molecular flexibility index (Phi) is 5.71. The van der Waals surface area contributed by atoms with Crippen molar-refractivity contribution in [3.05, 3.63) is 70.9 Å². The smallest absolute Gasteiger partial charge is 0.251 e. The van der Waals surface area contributed by atoms with Gasteiger partial charge in [0.05, 0.1) is 11.6 Å². The van der Waals surface area contributed by atoms with Gasteiger partial charge in [0.15, 0.2) is 0 Å². The third-order valence-electron chi connectivity index (χ3n) is 7.34. The summed E-state index contributed by atoms with van der Waals surface area (Å²) in [5, 5.41) is 13.8. The minimum Gasteiger partial charge on any atom is -0.361 e. The summed E-state index contributed by atoms with van der Waals surface area (Å²) in [6.07, 6.45) is 9.59. The molecular formula is C27H30N4O. The Morgan fingerprint density at radius 3 is 2.81 bits per heavy atom. The van der Waals surface area contributed by atoms with Crippen molar-refractivity contribution < 1.29 is 4.79 Å². The van der Waals surface area contributed by atoms with E-state index in [1.165, 1.54) is 30.4 Å². The number of aromatic nitrogens is 1. The summed E-state index contributed by atoms with van der Waals surface area (Å²) in [5.74, 6) is 0.0334. The lowest BCUT2D eigenvalue weighted by atomic mass is 9.78. The molecule has 5 heteroatoms. The monoisotopic (exact) mass is 426 g/mol. The van der Waals surface area contributed by atoms with Crippen molar-refractivity contribution in [2.24, 2.45) is 0 Å². The van der Waals surface area contributed by atoms with Gasteiger partial charge in [-0.3, -0.25) is 9.69 Å². The summed E-state index contributed by atoms with van der Waals surface area (Å²) in [7, 11) is 0. The molecule has 164 valence electrons. The van der Waals surface area contributed by atoms with Gasteiger partial charge in [-0.25, -0.2) is 0 Å². The molecule has 1 aromatic heterocycles. The number of benzene rings is 2. The number of nitriles is 1. The molecule has 0 radical (unpaired) electrons. The van der Waals surface area contributed by atoms with Gasteiger partial charge in [0, 0.05) is 42.5 Å². The molecule has 0 bridgehead atoms. The quantitative estimate of drug-likeness (QED) is 0.608. The number of nitrogens with one attached hydrogen (secondary N) is 2. The lowest BCUT2D eigenvalue weighted by Crippen LogP contribution is -2.51. The number of fused-ring (bicyclic) bond motifs is 2. The van der Waals surface area contributed by atoms with Gasteiger partial charge in [-0.15, -0.1) is 0 Å². The largest absolute Gasteiger partial charge is 0.361 e. The Hall–Kier alpha value is -3.10. The van der Waals surface area contributed by atoms with E-state index in [-0.39, 0.29) is 11.4 Å². The standard InChI is InChI=1S/C27H30N4O/c28-18-20-4-5-21-9-14-31(19-24(21)16-20)15-12-27(10-2-1-3-11-27)30-26(32)23-7-6-22-8-13-29-25(22)17-23/h4-8,13,16-17,29H,1-3,9-12,14-15,19H2,(H,30,32). The highest BCUT2D eigenvalue weighted by molar-refractivity contribution is 5.98. The second-order valence-corrected chi connectivity index (χ2v) is 9.45. The van der Waals surface area contributed by atoms with Crippen LogP contribution in [-0.2, 0) is 13.0 Å². The summed E-state index contributed by atoms with van der Waals surface area (Å²) >= 11 is 0. The van der Waals surface area contributed by atoms with Crippen molar-refractivity contribution in [3.63, 3.8) is 0 Å². The normalized spacial score (nSPS) is 18.1. The van der Waals surface area contributed by atoms with Crippen molar-refractivity contribution in [3.8, 4) is 6.07 Å². The Morgan fingerprint density at radius 1 is 1.09 bits per heavy atom. The highest BCUT2D eigenvalue weighted by Crippen LogP contribution is 2.32. The zero-order chi connectivity index (χ0) is 22.0. The molecular weight excluding hydrogens is 396 g/mol. The maximum atomic E-state index is 13.2. The van der Waals surface area contributed by atoms with Crippen molar-refractivity contribution in [2.45, 2.75) is 57.0 Å². The van der Waals surface area contributed by atoms with E-state index in [4.69, 9.17) is 0 Å². The predicted molar refractivity (Wildman–Crippen MR) is 126 cm³/mol. The van der Waals surface area contributed by atoms with Crippen molar-refractivity contribution in [1.29, 1.82) is 5.26 Å². The Labute approximate surface area is 189 Å². The number of carbonyl (C=O) groups is 1. The summed E-state index contributed by atoms with van der Waals surface area (Å²) in [6, 6.07) is 16.2. The first kappa shape index (κ1) is 20.8. The summed E-state index contributed by atoms with van der Waals surface area (Å²) in [4.78, 5) is 18.9. The summed E-state index contributed by atoms with van der Waals surface area (Å²) in [5.41, 5.74) is 4.96. The number of hydrogen-bond acceptors (Lipinski definition) is 3. The molecule has 2 aliphatic rings. The minimum atomic E-state index is -0.130. The number of hydrogen-bond donors (Lipinski definition) is 2. The maximum absolute atomic E-state index is 13.2. The number of H-pyrrole nitrogens is 1. The highest BCUT2D eigenvalue weighted by Gasteiger charge is 2.34. The van der Waals surface area contributed by atoms with Gasteiger partial charge in [-0.2, -0.15) is 5.26 Å². The second kappa shape index (κ2) is 8.80. The van der Waals surface area contributed by atoms with Gasteiger partial charge in [0.25, 0.3) is 5.91 Å². The van der Waals surface area contributed by atoms with Crippen LogP contribution in [-0.4, -0.2) is 34.4 Å². The van der Waals surface area contributed by atoms with E-state index in [1.807, 2.05) is 42.6 Å². The third-order valence-corrected chi connectivity index (χ3v) is 7.34. The first-order valence-corrected chi connectivity index (χ1v) is 11.8. The van der Waals surface area contributed by atoms with Gasteiger partial charge >= 0.3 is 0 Å². The summed E-state index contributed by atoms with van der Waals surface area (Å²) in [6.45, 7) is 2.89. The molecule has 5 rings (SSSR count). The fraction of sp³-hybridized carbons (Fsp3) is 0.407. The van der Waals surface area contributed by atoms with E-state index in [0.717, 1.165) is 67.3 Å². The molecule has 3 aromatic rings. The van der Waals surface area contributed by atoms with Crippen LogP contribution in [0.1, 0.15) is 65.6 Å². The first-order chi connectivity index (χ1) is 15.6. The first-order valence-electron chi connectivity index (χ1n) is 11.8. The van der Waals surface area contributed by atoms with Gasteiger partial charge in [0.2, 0.25) is 0 Å². The minimum absolute atomic E-state index is 0.0334. The zero-order valence-corrected chi connectivity index (χ0v) is 18.5. The van der Waals surface area contributed by atoms with Gasteiger partial charge in [0.1, 0.15) is 0 Å². The van der Waals surface area contributed by atoms with E-state index < -0.39 is 0 Å². The summed E-state index contributed by atoms with van der Waals surface area (Å²) < 4.78 is 0. The number of aromatic amines is 1. The van der Waals surface area contributed by atoms with Crippen molar-refractivity contribution >= 4 is 16.8 Å². The number of amides is 1. The topological polar surface area (TPSA) is 71.9 Å². The molecule has 2 N–H and O–H groups in total. The third kappa shape index (κ3) is 4.28. The Bertz CT molecular complexity index is 1170. The molecule has 1 saturated carbocycles. The lowest BCUT2D eigenvalue weighted by molar-refractivity contribution is 0.0840. The molecule has 32 heavy (non-hydrogen) atoms. The van der Waals surface area contributed by atoms with E-state index >= 15 is 0 Å². The van der Waals surface area contributed by atoms with Gasteiger partial charge in [-0.1, -0.05) is 31.4 Å². The van der Waals surface area contributed by atoms with Crippen LogP contribution in [0.2, 0.25) is 0 Å². The lowest BCUT2D eigenvalue weighted by Gasteiger charge is -2.40. The van der Waals surface area contributed by atoms with Crippen LogP contribution >= 0.6 is 0 Å².